The van der Waals surface area contributed by atoms with Crippen LogP contribution < -0.4 is 0 Å². The highest BCUT2D eigenvalue weighted by Crippen LogP contribution is 2.69. The third kappa shape index (κ3) is 3.94. The molecule has 0 bridgehead atoms. The molecule has 3 saturated carbocycles. The second-order valence-electron chi connectivity index (χ2n) is 14.6. The molecule has 0 aliphatic heterocycles. The minimum Gasteiger partial charge on any atom is -0.390 e. The number of rotatable bonds is 4. The van der Waals surface area contributed by atoms with E-state index in [1.165, 1.54) is 44.1 Å². The van der Waals surface area contributed by atoms with Crippen LogP contribution in [0.25, 0.3) is 0 Å². The van der Waals surface area contributed by atoms with Gasteiger partial charge in [0.1, 0.15) is 0 Å². The SMILES string of the molecule is CC[C@]1(O)CC[C@@]2(C)C(=C[C@](C)(O)[C@H]3[C@@H]4CC[C@H]([C@H](C)CCC(C)(C)C)[C@@]4(C)CC[C@@H]32)C1. The van der Waals surface area contributed by atoms with E-state index >= 15 is 0 Å². The standard InChI is InChI=1S/C30H52O2/c1-9-30(32)17-16-27(6)21(19-30)18-29(8,31)25-23-11-10-22(20(2)12-14-26(3,4)5)28(23,7)15-13-24(25)27/h18,20,22-25,31-32H,9-17,19H2,1-8H3/t20-,22-,23+,24+,25+,27+,28-,29+,30+/m1/s1. The number of fused-ring (bicyclic) bond motifs is 5. The van der Waals surface area contributed by atoms with Crippen molar-refractivity contribution < 1.29 is 10.2 Å². The molecule has 0 heterocycles. The summed E-state index contributed by atoms with van der Waals surface area (Å²) in [5, 5.41) is 23.0. The molecule has 0 saturated heterocycles. The maximum Gasteiger partial charge on any atom is 0.0836 e. The van der Waals surface area contributed by atoms with Crippen molar-refractivity contribution in [1.29, 1.82) is 0 Å². The van der Waals surface area contributed by atoms with Crippen LogP contribution in [0.3, 0.4) is 0 Å². The fourth-order valence-electron chi connectivity index (χ4n) is 9.19. The van der Waals surface area contributed by atoms with Crippen LogP contribution in [-0.2, 0) is 0 Å². The van der Waals surface area contributed by atoms with Crippen LogP contribution in [0.1, 0.15) is 120 Å². The maximum absolute atomic E-state index is 11.9. The van der Waals surface area contributed by atoms with Gasteiger partial charge < -0.3 is 10.2 Å². The lowest BCUT2D eigenvalue weighted by molar-refractivity contribution is -0.140. The summed E-state index contributed by atoms with van der Waals surface area (Å²) in [6.45, 7) is 18.9. The summed E-state index contributed by atoms with van der Waals surface area (Å²) in [7, 11) is 0. The summed E-state index contributed by atoms with van der Waals surface area (Å²) in [6.07, 6.45) is 13.6. The molecule has 0 aromatic carbocycles. The van der Waals surface area contributed by atoms with E-state index in [-0.39, 0.29) is 5.41 Å². The summed E-state index contributed by atoms with van der Waals surface area (Å²) in [5.74, 6) is 3.11. The first-order valence-electron chi connectivity index (χ1n) is 13.8. The van der Waals surface area contributed by atoms with Crippen molar-refractivity contribution >= 4 is 0 Å². The van der Waals surface area contributed by atoms with Crippen LogP contribution in [0, 0.1) is 45.8 Å². The van der Waals surface area contributed by atoms with E-state index in [1.54, 1.807) is 0 Å². The monoisotopic (exact) mass is 444 g/mol. The Morgan fingerprint density at radius 1 is 1.00 bits per heavy atom. The van der Waals surface area contributed by atoms with Crippen molar-refractivity contribution in [3.8, 4) is 0 Å². The van der Waals surface area contributed by atoms with Crippen molar-refractivity contribution in [2.75, 3.05) is 0 Å². The number of hydrogen-bond donors (Lipinski definition) is 2. The Hall–Kier alpha value is -0.340. The molecule has 0 unspecified atom stereocenters. The second-order valence-corrected chi connectivity index (χ2v) is 14.6. The first-order valence-corrected chi connectivity index (χ1v) is 13.8. The molecule has 184 valence electrons. The Balaban J connectivity index is 1.62. The zero-order chi connectivity index (χ0) is 23.7. The van der Waals surface area contributed by atoms with E-state index in [0.717, 1.165) is 37.5 Å². The van der Waals surface area contributed by atoms with E-state index in [0.29, 0.717) is 28.6 Å². The molecular formula is C30H52O2. The van der Waals surface area contributed by atoms with Gasteiger partial charge in [-0.2, -0.15) is 0 Å². The quantitative estimate of drug-likeness (QED) is 0.440. The summed E-state index contributed by atoms with van der Waals surface area (Å²) < 4.78 is 0. The lowest BCUT2D eigenvalue weighted by Crippen LogP contribution is -2.59. The van der Waals surface area contributed by atoms with Gasteiger partial charge in [0.05, 0.1) is 11.2 Å². The average Bonchev–Trinajstić information content (AvgIpc) is 3.04. The van der Waals surface area contributed by atoms with Gasteiger partial charge in [-0.05, 0) is 117 Å². The molecular weight excluding hydrogens is 392 g/mol. The molecule has 32 heavy (non-hydrogen) atoms. The molecule has 9 atom stereocenters. The Morgan fingerprint density at radius 2 is 1.69 bits per heavy atom. The molecule has 4 rings (SSSR count). The van der Waals surface area contributed by atoms with E-state index < -0.39 is 11.2 Å². The maximum atomic E-state index is 11.9. The molecule has 2 heteroatoms. The summed E-state index contributed by atoms with van der Waals surface area (Å²) >= 11 is 0. The lowest BCUT2D eigenvalue weighted by Gasteiger charge is -2.62. The van der Waals surface area contributed by atoms with Crippen molar-refractivity contribution in [3.63, 3.8) is 0 Å². The molecule has 2 nitrogen and oxygen atoms in total. The molecule has 0 aromatic heterocycles. The first kappa shape index (κ1) is 24.8. The minimum atomic E-state index is -0.749. The van der Waals surface area contributed by atoms with Gasteiger partial charge in [-0.25, -0.2) is 0 Å². The lowest BCUT2D eigenvalue weighted by atomic mass is 9.43. The van der Waals surface area contributed by atoms with Gasteiger partial charge in [-0.3, -0.25) is 0 Å². The normalized spacial score (nSPS) is 49.6. The van der Waals surface area contributed by atoms with E-state index in [4.69, 9.17) is 0 Å². The van der Waals surface area contributed by atoms with Gasteiger partial charge in [0.25, 0.3) is 0 Å². The minimum absolute atomic E-state index is 0.158. The van der Waals surface area contributed by atoms with Crippen LogP contribution in [-0.4, -0.2) is 21.4 Å². The van der Waals surface area contributed by atoms with Crippen molar-refractivity contribution in [2.45, 2.75) is 131 Å². The summed E-state index contributed by atoms with van der Waals surface area (Å²) in [4.78, 5) is 0. The number of hydrogen-bond acceptors (Lipinski definition) is 2. The smallest absolute Gasteiger partial charge is 0.0836 e. The molecule has 2 N–H and O–H groups in total. The first-order chi connectivity index (χ1) is 14.7. The van der Waals surface area contributed by atoms with Crippen LogP contribution in [0.4, 0.5) is 0 Å². The topological polar surface area (TPSA) is 40.5 Å². The summed E-state index contributed by atoms with van der Waals surface area (Å²) in [5.41, 5.74) is 0.972. The molecule has 4 aliphatic carbocycles. The predicted molar refractivity (Wildman–Crippen MR) is 134 cm³/mol. The highest BCUT2D eigenvalue weighted by Gasteiger charge is 2.64. The highest BCUT2D eigenvalue weighted by atomic mass is 16.3. The molecule has 0 radical (unpaired) electrons. The predicted octanol–water partition coefficient (Wildman–Crippen LogP) is 7.53. The molecule has 0 spiro atoms. The van der Waals surface area contributed by atoms with Gasteiger partial charge in [0.15, 0.2) is 0 Å². The van der Waals surface area contributed by atoms with Crippen LogP contribution >= 0.6 is 0 Å². The van der Waals surface area contributed by atoms with Crippen LogP contribution in [0.5, 0.6) is 0 Å². The van der Waals surface area contributed by atoms with E-state index in [9.17, 15) is 10.2 Å². The van der Waals surface area contributed by atoms with Gasteiger partial charge in [-0.15, -0.1) is 0 Å². The molecule has 0 amide bonds. The summed E-state index contributed by atoms with van der Waals surface area (Å²) in [6, 6.07) is 0. The highest BCUT2D eigenvalue weighted by molar-refractivity contribution is 5.32. The van der Waals surface area contributed by atoms with Crippen molar-refractivity contribution in [2.24, 2.45) is 45.8 Å². The van der Waals surface area contributed by atoms with Gasteiger partial charge in [0, 0.05) is 0 Å². The van der Waals surface area contributed by atoms with E-state index in [1.807, 2.05) is 0 Å². The third-order valence-corrected chi connectivity index (χ3v) is 11.4. The fraction of sp³-hybridized carbons (Fsp3) is 0.933. The Bertz CT molecular complexity index is 744. The number of aliphatic hydroxyl groups is 2. The Morgan fingerprint density at radius 3 is 2.31 bits per heavy atom. The van der Waals surface area contributed by atoms with Crippen LogP contribution in [0.15, 0.2) is 11.6 Å². The van der Waals surface area contributed by atoms with Gasteiger partial charge >= 0.3 is 0 Å². The molecule has 3 fully saturated rings. The molecule has 0 aromatic rings. The third-order valence-electron chi connectivity index (χ3n) is 11.4. The second kappa shape index (κ2) is 7.84. The fourth-order valence-corrected chi connectivity index (χ4v) is 9.19. The van der Waals surface area contributed by atoms with Gasteiger partial charge in [-0.1, -0.05) is 60.1 Å². The van der Waals surface area contributed by atoms with Crippen molar-refractivity contribution in [3.05, 3.63) is 11.6 Å². The zero-order valence-electron chi connectivity index (χ0n) is 22.4. The van der Waals surface area contributed by atoms with Crippen molar-refractivity contribution in [1.82, 2.24) is 0 Å². The largest absolute Gasteiger partial charge is 0.390 e. The molecule has 4 aliphatic rings. The van der Waals surface area contributed by atoms with Crippen LogP contribution in [0.2, 0.25) is 0 Å². The Kier molecular flexibility index (Phi) is 6.07. The Labute approximate surface area is 198 Å². The average molecular weight is 445 g/mol. The van der Waals surface area contributed by atoms with Gasteiger partial charge in [0.2, 0.25) is 0 Å². The zero-order valence-corrected chi connectivity index (χ0v) is 22.4. The van der Waals surface area contributed by atoms with E-state index in [2.05, 4.69) is 61.5 Å².